The summed E-state index contributed by atoms with van der Waals surface area (Å²) in [7, 11) is 0. The Morgan fingerprint density at radius 1 is 1.12 bits per heavy atom. The molecule has 25 heavy (non-hydrogen) atoms. The Bertz CT molecular complexity index is 523. The van der Waals surface area contributed by atoms with Crippen molar-refractivity contribution in [1.29, 1.82) is 0 Å². The van der Waals surface area contributed by atoms with Crippen LogP contribution in [0.2, 0.25) is 0 Å². The van der Waals surface area contributed by atoms with Gasteiger partial charge in [0.1, 0.15) is 11.5 Å². The van der Waals surface area contributed by atoms with Crippen LogP contribution < -0.4 is 10.6 Å². The maximum atomic E-state index is 12.3. The fourth-order valence-electron chi connectivity index (χ4n) is 3.39. The molecule has 1 aliphatic carbocycles. The van der Waals surface area contributed by atoms with Crippen LogP contribution in [0.3, 0.4) is 0 Å². The maximum Gasteiger partial charge on any atom is 0.271 e. The summed E-state index contributed by atoms with van der Waals surface area (Å²) in [6.07, 6.45) is 10.3. The Balaban J connectivity index is 1.42. The number of carbonyl (C=O) groups excluding carboxylic acids is 1. The molecule has 1 saturated carbocycles. The van der Waals surface area contributed by atoms with Gasteiger partial charge in [0, 0.05) is 32.2 Å². The molecule has 1 amide bonds. The van der Waals surface area contributed by atoms with Crippen LogP contribution in [0.15, 0.2) is 12.4 Å². The van der Waals surface area contributed by atoms with E-state index in [9.17, 15) is 4.79 Å². The average molecular weight is 347 g/mol. The van der Waals surface area contributed by atoms with Crippen molar-refractivity contribution in [3.05, 3.63) is 18.1 Å². The Hall–Kier alpha value is -1.73. The first-order valence-electron chi connectivity index (χ1n) is 9.48. The van der Waals surface area contributed by atoms with Crippen molar-refractivity contribution in [1.82, 2.24) is 20.2 Å². The van der Waals surface area contributed by atoms with Crippen LogP contribution in [0.25, 0.3) is 0 Å². The number of morpholine rings is 1. The molecule has 0 unspecified atom stereocenters. The second-order valence-corrected chi connectivity index (χ2v) is 6.83. The van der Waals surface area contributed by atoms with Crippen molar-refractivity contribution >= 4 is 11.7 Å². The third-order valence-electron chi connectivity index (χ3n) is 4.91. The van der Waals surface area contributed by atoms with Gasteiger partial charge in [0.2, 0.25) is 0 Å². The minimum Gasteiger partial charge on any atom is -0.379 e. The molecule has 138 valence electrons. The summed E-state index contributed by atoms with van der Waals surface area (Å²) in [6, 6.07) is 0.281. The summed E-state index contributed by atoms with van der Waals surface area (Å²) in [6.45, 7) is 5.34. The number of nitrogens with zero attached hydrogens (tertiary/aromatic N) is 3. The summed E-state index contributed by atoms with van der Waals surface area (Å²) in [5, 5.41) is 6.36. The normalized spacial score (nSPS) is 20.0. The number of rotatable bonds is 6. The highest BCUT2D eigenvalue weighted by Crippen LogP contribution is 2.17. The van der Waals surface area contributed by atoms with Crippen molar-refractivity contribution in [2.45, 2.75) is 44.6 Å². The molecule has 1 saturated heterocycles. The van der Waals surface area contributed by atoms with Crippen LogP contribution in [0.4, 0.5) is 5.82 Å². The standard InChI is InChI=1S/C18H29N5O2/c24-18(22-15-5-3-1-2-4-6-15)16-13-21-17(14-20-16)19-7-8-23-9-11-25-12-10-23/h13-15H,1-12H2,(H,19,21)(H,22,24). The minimum atomic E-state index is -0.112. The molecule has 3 rings (SSSR count). The molecule has 0 bridgehead atoms. The zero-order valence-electron chi connectivity index (χ0n) is 14.9. The van der Waals surface area contributed by atoms with Gasteiger partial charge in [0.15, 0.2) is 0 Å². The van der Waals surface area contributed by atoms with Gasteiger partial charge in [-0.05, 0) is 12.8 Å². The van der Waals surface area contributed by atoms with E-state index in [4.69, 9.17) is 4.74 Å². The van der Waals surface area contributed by atoms with Gasteiger partial charge < -0.3 is 15.4 Å². The van der Waals surface area contributed by atoms with Gasteiger partial charge in [-0.3, -0.25) is 9.69 Å². The van der Waals surface area contributed by atoms with Crippen LogP contribution in [0, 0.1) is 0 Å². The Labute approximate surface area is 149 Å². The SMILES string of the molecule is O=C(NC1CCCCCC1)c1cnc(NCCN2CCOCC2)cn1. The summed E-state index contributed by atoms with van der Waals surface area (Å²) < 4.78 is 5.34. The third kappa shape index (κ3) is 5.93. The van der Waals surface area contributed by atoms with E-state index in [1.54, 1.807) is 12.4 Å². The molecule has 2 N–H and O–H groups in total. The molecule has 1 aromatic heterocycles. The van der Waals surface area contributed by atoms with Crippen LogP contribution >= 0.6 is 0 Å². The number of aromatic nitrogens is 2. The largest absolute Gasteiger partial charge is 0.379 e. The van der Waals surface area contributed by atoms with Gasteiger partial charge in [-0.15, -0.1) is 0 Å². The molecular weight excluding hydrogens is 318 g/mol. The third-order valence-corrected chi connectivity index (χ3v) is 4.91. The topological polar surface area (TPSA) is 79.4 Å². The lowest BCUT2D eigenvalue weighted by atomic mass is 10.1. The lowest BCUT2D eigenvalue weighted by Gasteiger charge is -2.26. The highest BCUT2D eigenvalue weighted by Gasteiger charge is 2.17. The van der Waals surface area contributed by atoms with Crippen LogP contribution in [0.1, 0.15) is 49.0 Å². The fraction of sp³-hybridized carbons (Fsp3) is 0.722. The Morgan fingerprint density at radius 2 is 1.88 bits per heavy atom. The van der Waals surface area contributed by atoms with Gasteiger partial charge in [0.05, 0.1) is 25.6 Å². The molecule has 0 atom stereocenters. The van der Waals surface area contributed by atoms with Gasteiger partial charge >= 0.3 is 0 Å². The van der Waals surface area contributed by atoms with Crippen molar-refractivity contribution in [3.63, 3.8) is 0 Å². The first kappa shape index (κ1) is 18.1. The van der Waals surface area contributed by atoms with E-state index in [0.29, 0.717) is 11.5 Å². The molecule has 7 heteroatoms. The number of hydrogen-bond donors (Lipinski definition) is 2. The highest BCUT2D eigenvalue weighted by molar-refractivity contribution is 5.92. The molecule has 2 heterocycles. The lowest BCUT2D eigenvalue weighted by Crippen LogP contribution is -2.39. The van der Waals surface area contributed by atoms with Crippen LogP contribution in [-0.4, -0.2) is 66.2 Å². The monoisotopic (exact) mass is 347 g/mol. The van der Waals surface area contributed by atoms with Gasteiger partial charge in [0.25, 0.3) is 5.91 Å². The second kappa shape index (κ2) is 9.68. The predicted molar refractivity (Wildman–Crippen MR) is 96.7 cm³/mol. The summed E-state index contributed by atoms with van der Waals surface area (Å²) >= 11 is 0. The van der Waals surface area contributed by atoms with Crippen molar-refractivity contribution < 1.29 is 9.53 Å². The molecule has 7 nitrogen and oxygen atoms in total. The predicted octanol–water partition coefficient (Wildman–Crippen LogP) is 1.67. The van der Waals surface area contributed by atoms with Crippen LogP contribution in [-0.2, 0) is 4.74 Å². The van der Waals surface area contributed by atoms with Gasteiger partial charge in [-0.1, -0.05) is 25.7 Å². The van der Waals surface area contributed by atoms with Gasteiger partial charge in [-0.25, -0.2) is 9.97 Å². The summed E-state index contributed by atoms with van der Waals surface area (Å²) in [5.74, 6) is 0.596. The van der Waals surface area contributed by atoms with Crippen LogP contribution in [0.5, 0.6) is 0 Å². The first-order valence-corrected chi connectivity index (χ1v) is 9.48. The lowest BCUT2D eigenvalue weighted by molar-refractivity contribution is 0.0398. The Morgan fingerprint density at radius 3 is 2.56 bits per heavy atom. The van der Waals surface area contributed by atoms with Crippen molar-refractivity contribution in [2.75, 3.05) is 44.7 Å². The summed E-state index contributed by atoms with van der Waals surface area (Å²) in [5.41, 5.74) is 0.392. The zero-order chi connectivity index (χ0) is 17.3. The maximum absolute atomic E-state index is 12.3. The number of amides is 1. The minimum absolute atomic E-state index is 0.112. The zero-order valence-corrected chi connectivity index (χ0v) is 14.9. The van der Waals surface area contributed by atoms with E-state index in [0.717, 1.165) is 52.2 Å². The molecule has 1 aromatic rings. The second-order valence-electron chi connectivity index (χ2n) is 6.83. The molecule has 0 spiro atoms. The molecule has 0 radical (unpaired) electrons. The Kier molecular flexibility index (Phi) is 6.99. The fourth-order valence-corrected chi connectivity index (χ4v) is 3.39. The van der Waals surface area contributed by atoms with E-state index < -0.39 is 0 Å². The number of ether oxygens (including phenoxy) is 1. The van der Waals surface area contributed by atoms with Crippen molar-refractivity contribution in [3.8, 4) is 0 Å². The molecule has 0 aromatic carbocycles. The van der Waals surface area contributed by atoms with E-state index in [2.05, 4.69) is 25.5 Å². The average Bonchev–Trinajstić information content (AvgIpc) is 2.92. The molecule has 2 aliphatic rings. The van der Waals surface area contributed by atoms with E-state index in [-0.39, 0.29) is 11.9 Å². The molecule has 1 aliphatic heterocycles. The first-order chi connectivity index (χ1) is 12.3. The summed E-state index contributed by atoms with van der Waals surface area (Å²) in [4.78, 5) is 23.2. The number of nitrogens with one attached hydrogen (secondary N) is 2. The van der Waals surface area contributed by atoms with Gasteiger partial charge in [-0.2, -0.15) is 0 Å². The number of anilines is 1. The van der Waals surface area contributed by atoms with Crippen molar-refractivity contribution in [2.24, 2.45) is 0 Å². The van der Waals surface area contributed by atoms with E-state index in [1.807, 2.05) is 0 Å². The number of carbonyl (C=O) groups is 1. The van der Waals surface area contributed by atoms with E-state index >= 15 is 0 Å². The molecule has 2 fully saturated rings. The number of hydrogen-bond acceptors (Lipinski definition) is 6. The smallest absolute Gasteiger partial charge is 0.271 e. The quantitative estimate of drug-likeness (QED) is 0.762. The molecular formula is C18H29N5O2. The highest BCUT2D eigenvalue weighted by atomic mass is 16.5. The van der Waals surface area contributed by atoms with E-state index in [1.165, 1.54) is 25.7 Å².